The van der Waals surface area contributed by atoms with Gasteiger partial charge in [-0.05, 0) is 23.8 Å². The van der Waals surface area contributed by atoms with Crippen LogP contribution in [0.15, 0.2) is 36.4 Å². The summed E-state index contributed by atoms with van der Waals surface area (Å²) in [6, 6.07) is 10.5. The Hall–Kier alpha value is -2.56. The maximum absolute atomic E-state index is 12.6. The van der Waals surface area contributed by atoms with Gasteiger partial charge in [-0.15, -0.1) is 0 Å². The van der Waals surface area contributed by atoms with Gasteiger partial charge in [0.1, 0.15) is 11.8 Å². The van der Waals surface area contributed by atoms with Gasteiger partial charge in [-0.3, -0.25) is 9.59 Å². The number of nitrogens with one attached hydrogen (secondary N) is 1. The monoisotopic (exact) mass is 314 g/mol. The SMILES string of the molecule is COc1c(C(=O)NC(CC(C)C)C(N)=O)ccc2ccccc12. The second-order valence-corrected chi connectivity index (χ2v) is 5.93. The molecule has 0 bridgehead atoms. The number of ether oxygens (including phenoxy) is 1. The number of hydrogen-bond acceptors (Lipinski definition) is 3. The van der Waals surface area contributed by atoms with Gasteiger partial charge in [0.25, 0.3) is 5.91 Å². The lowest BCUT2D eigenvalue weighted by molar-refractivity contribution is -0.120. The van der Waals surface area contributed by atoms with E-state index >= 15 is 0 Å². The summed E-state index contributed by atoms with van der Waals surface area (Å²) in [7, 11) is 1.53. The summed E-state index contributed by atoms with van der Waals surface area (Å²) in [6.07, 6.45) is 0.497. The zero-order valence-corrected chi connectivity index (χ0v) is 13.6. The lowest BCUT2D eigenvalue weighted by atomic mass is 10.0. The number of fused-ring (bicyclic) bond motifs is 1. The Balaban J connectivity index is 2.35. The molecule has 3 N–H and O–H groups in total. The molecule has 5 nitrogen and oxygen atoms in total. The number of carbonyl (C=O) groups excluding carboxylic acids is 2. The maximum Gasteiger partial charge on any atom is 0.255 e. The summed E-state index contributed by atoms with van der Waals surface area (Å²) in [5.41, 5.74) is 5.78. The summed E-state index contributed by atoms with van der Waals surface area (Å²) < 4.78 is 5.43. The second kappa shape index (κ2) is 7.13. The molecular weight excluding hydrogens is 292 g/mol. The van der Waals surface area contributed by atoms with Crippen LogP contribution in [0.4, 0.5) is 0 Å². The Morgan fingerprint density at radius 1 is 1.17 bits per heavy atom. The lowest BCUT2D eigenvalue weighted by Crippen LogP contribution is -2.45. The zero-order valence-electron chi connectivity index (χ0n) is 13.6. The van der Waals surface area contributed by atoms with Gasteiger partial charge < -0.3 is 15.8 Å². The van der Waals surface area contributed by atoms with Gasteiger partial charge in [0, 0.05) is 5.39 Å². The molecule has 1 atom stereocenters. The molecule has 2 rings (SSSR count). The van der Waals surface area contributed by atoms with Crippen LogP contribution in [0, 0.1) is 5.92 Å². The molecule has 5 heteroatoms. The summed E-state index contributed by atoms with van der Waals surface area (Å²) in [6.45, 7) is 3.94. The number of methoxy groups -OCH3 is 1. The molecule has 1 unspecified atom stereocenters. The molecule has 0 aliphatic heterocycles. The summed E-state index contributed by atoms with van der Waals surface area (Å²) in [5.74, 6) is -0.163. The molecule has 0 heterocycles. The lowest BCUT2D eigenvalue weighted by Gasteiger charge is -2.18. The maximum atomic E-state index is 12.6. The fourth-order valence-electron chi connectivity index (χ4n) is 2.60. The Morgan fingerprint density at radius 3 is 2.48 bits per heavy atom. The summed E-state index contributed by atoms with van der Waals surface area (Å²) in [5, 5.41) is 4.54. The molecule has 2 amide bonds. The van der Waals surface area contributed by atoms with E-state index in [-0.39, 0.29) is 11.8 Å². The fourth-order valence-corrected chi connectivity index (χ4v) is 2.60. The van der Waals surface area contributed by atoms with E-state index in [4.69, 9.17) is 10.5 Å². The third-order valence-electron chi connectivity index (χ3n) is 3.68. The van der Waals surface area contributed by atoms with Crippen molar-refractivity contribution in [2.75, 3.05) is 7.11 Å². The summed E-state index contributed by atoms with van der Waals surface area (Å²) >= 11 is 0. The van der Waals surface area contributed by atoms with E-state index in [2.05, 4.69) is 5.32 Å². The first kappa shape index (κ1) is 16.8. The Kier molecular flexibility index (Phi) is 5.21. The van der Waals surface area contributed by atoms with Crippen molar-refractivity contribution < 1.29 is 14.3 Å². The highest BCUT2D eigenvalue weighted by molar-refractivity contribution is 6.05. The van der Waals surface area contributed by atoms with Crippen molar-refractivity contribution in [1.82, 2.24) is 5.32 Å². The van der Waals surface area contributed by atoms with Crippen LogP contribution in [-0.4, -0.2) is 25.0 Å². The molecule has 2 aromatic rings. The van der Waals surface area contributed by atoms with E-state index in [1.165, 1.54) is 7.11 Å². The molecule has 122 valence electrons. The van der Waals surface area contributed by atoms with Crippen LogP contribution in [0.1, 0.15) is 30.6 Å². The van der Waals surface area contributed by atoms with Gasteiger partial charge in [0.05, 0.1) is 12.7 Å². The van der Waals surface area contributed by atoms with Crippen molar-refractivity contribution in [3.05, 3.63) is 42.0 Å². The Bertz CT molecular complexity index is 725. The van der Waals surface area contributed by atoms with Crippen molar-refractivity contribution in [1.29, 1.82) is 0 Å². The highest BCUT2D eigenvalue weighted by Gasteiger charge is 2.22. The number of rotatable bonds is 6. The topological polar surface area (TPSA) is 81.4 Å². The normalized spacial score (nSPS) is 12.2. The van der Waals surface area contributed by atoms with E-state index in [0.29, 0.717) is 17.7 Å². The molecule has 0 aliphatic rings. The number of benzene rings is 2. The first-order chi connectivity index (χ1) is 10.9. The average Bonchev–Trinajstić information content (AvgIpc) is 2.52. The molecule has 0 radical (unpaired) electrons. The van der Waals surface area contributed by atoms with Gasteiger partial charge >= 0.3 is 0 Å². The smallest absolute Gasteiger partial charge is 0.255 e. The minimum Gasteiger partial charge on any atom is -0.495 e. The highest BCUT2D eigenvalue weighted by Crippen LogP contribution is 2.29. The van der Waals surface area contributed by atoms with E-state index in [0.717, 1.165) is 10.8 Å². The largest absolute Gasteiger partial charge is 0.495 e. The van der Waals surface area contributed by atoms with Gasteiger partial charge in [0.2, 0.25) is 5.91 Å². The molecule has 0 spiro atoms. The van der Waals surface area contributed by atoms with Crippen LogP contribution < -0.4 is 15.8 Å². The van der Waals surface area contributed by atoms with Gasteiger partial charge in [-0.1, -0.05) is 44.2 Å². The van der Waals surface area contributed by atoms with E-state index in [1.54, 1.807) is 6.07 Å². The van der Waals surface area contributed by atoms with Crippen molar-refractivity contribution in [3.63, 3.8) is 0 Å². The molecular formula is C18H22N2O3. The molecule has 0 aromatic heterocycles. The minimum absolute atomic E-state index is 0.242. The predicted molar refractivity (Wildman–Crippen MR) is 90.4 cm³/mol. The number of nitrogens with two attached hydrogens (primary N) is 1. The molecule has 0 aliphatic carbocycles. The van der Waals surface area contributed by atoms with Crippen molar-refractivity contribution in [2.45, 2.75) is 26.3 Å². The van der Waals surface area contributed by atoms with Crippen LogP contribution in [0.25, 0.3) is 10.8 Å². The van der Waals surface area contributed by atoms with Gasteiger partial charge in [-0.2, -0.15) is 0 Å². The van der Waals surface area contributed by atoms with Gasteiger partial charge in [-0.25, -0.2) is 0 Å². The minimum atomic E-state index is -0.696. The Morgan fingerprint density at radius 2 is 1.87 bits per heavy atom. The quantitative estimate of drug-likeness (QED) is 0.859. The van der Waals surface area contributed by atoms with E-state index < -0.39 is 11.9 Å². The predicted octanol–water partition coefficient (Wildman–Crippen LogP) is 2.48. The number of primary amides is 1. The van der Waals surface area contributed by atoms with Gasteiger partial charge in [0.15, 0.2) is 0 Å². The molecule has 0 fully saturated rings. The molecule has 0 saturated carbocycles. The average molecular weight is 314 g/mol. The van der Waals surface area contributed by atoms with Crippen molar-refractivity contribution >= 4 is 22.6 Å². The zero-order chi connectivity index (χ0) is 17.0. The molecule has 2 aromatic carbocycles. The summed E-state index contributed by atoms with van der Waals surface area (Å²) in [4.78, 5) is 24.1. The van der Waals surface area contributed by atoms with E-state index in [1.807, 2.05) is 44.2 Å². The fraction of sp³-hybridized carbons (Fsp3) is 0.333. The van der Waals surface area contributed by atoms with Crippen LogP contribution in [0.2, 0.25) is 0 Å². The van der Waals surface area contributed by atoms with Crippen LogP contribution in [0.5, 0.6) is 5.75 Å². The van der Waals surface area contributed by atoms with E-state index in [9.17, 15) is 9.59 Å². The van der Waals surface area contributed by atoms with Crippen molar-refractivity contribution in [3.8, 4) is 5.75 Å². The number of amides is 2. The highest BCUT2D eigenvalue weighted by atomic mass is 16.5. The van der Waals surface area contributed by atoms with Crippen LogP contribution in [-0.2, 0) is 4.79 Å². The third kappa shape index (κ3) is 3.80. The molecule has 0 saturated heterocycles. The second-order valence-electron chi connectivity index (χ2n) is 5.93. The Labute approximate surface area is 135 Å². The number of hydrogen-bond donors (Lipinski definition) is 2. The first-order valence-electron chi connectivity index (χ1n) is 7.60. The van der Waals surface area contributed by atoms with Crippen LogP contribution >= 0.6 is 0 Å². The standard InChI is InChI=1S/C18H22N2O3/c1-11(2)10-15(17(19)21)20-18(22)14-9-8-12-6-4-5-7-13(12)16(14)23-3/h4-9,11,15H,10H2,1-3H3,(H2,19,21)(H,20,22). The number of carbonyl (C=O) groups is 2. The third-order valence-corrected chi connectivity index (χ3v) is 3.68. The van der Waals surface area contributed by atoms with Crippen molar-refractivity contribution in [2.24, 2.45) is 11.7 Å². The first-order valence-corrected chi connectivity index (χ1v) is 7.60. The molecule has 23 heavy (non-hydrogen) atoms. The van der Waals surface area contributed by atoms with Crippen LogP contribution in [0.3, 0.4) is 0 Å².